The average molecular weight is 319 g/mol. The summed E-state index contributed by atoms with van der Waals surface area (Å²) in [4.78, 5) is 15.2. The number of piperidine rings is 1. The first-order valence-corrected chi connectivity index (χ1v) is 10.0. The van der Waals surface area contributed by atoms with Crippen molar-refractivity contribution in [3.63, 3.8) is 0 Å². The maximum atomic E-state index is 12.7. The third kappa shape index (κ3) is 3.31. The van der Waals surface area contributed by atoms with Crippen molar-refractivity contribution in [3.05, 3.63) is 0 Å². The molecular formula is C20H34N2O. The maximum absolute atomic E-state index is 12.7. The van der Waals surface area contributed by atoms with Crippen molar-refractivity contribution in [3.8, 4) is 0 Å². The lowest BCUT2D eigenvalue weighted by Crippen LogP contribution is -2.50. The molecule has 4 saturated carbocycles. The number of likely N-dealkylation sites (tertiary alicyclic amines) is 1. The van der Waals surface area contributed by atoms with Crippen LogP contribution < -0.4 is 5.32 Å². The Labute approximate surface area is 141 Å². The zero-order valence-corrected chi connectivity index (χ0v) is 15.0. The van der Waals surface area contributed by atoms with Crippen molar-refractivity contribution in [2.75, 3.05) is 13.1 Å². The number of amides is 1. The molecule has 0 radical (unpaired) electrons. The summed E-state index contributed by atoms with van der Waals surface area (Å²) in [6, 6.07) is 1.06. The first-order chi connectivity index (χ1) is 11.0. The topological polar surface area (TPSA) is 32.3 Å². The van der Waals surface area contributed by atoms with Crippen LogP contribution in [0.25, 0.3) is 0 Å². The van der Waals surface area contributed by atoms with Crippen LogP contribution in [0.3, 0.4) is 0 Å². The van der Waals surface area contributed by atoms with Gasteiger partial charge in [-0.1, -0.05) is 0 Å². The van der Waals surface area contributed by atoms with E-state index in [2.05, 4.69) is 24.1 Å². The number of hydrogen-bond acceptors (Lipinski definition) is 2. The summed E-state index contributed by atoms with van der Waals surface area (Å²) < 4.78 is 0. The Balaban J connectivity index is 1.29. The van der Waals surface area contributed by atoms with Crippen LogP contribution in [0.2, 0.25) is 0 Å². The van der Waals surface area contributed by atoms with Gasteiger partial charge in [0.15, 0.2) is 0 Å². The summed E-state index contributed by atoms with van der Waals surface area (Å²) >= 11 is 0. The molecule has 0 aromatic carbocycles. The van der Waals surface area contributed by atoms with Gasteiger partial charge < -0.3 is 10.2 Å². The standard InChI is InChI=1S/C20H34N2O/c1-14(2)22-5-3-18(4-6-22)21-19(23)13-20-10-15-7-16(11-20)9-17(8-15)12-20/h14-18H,3-13H2,1-2H3,(H,21,23). The van der Waals surface area contributed by atoms with E-state index in [-0.39, 0.29) is 0 Å². The van der Waals surface area contributed by atoms with E-state index in [1.54, 1.807) is 0 Å². The van der Waals surface area contributed by atoms with Crippen LogP contribution in [0.15, 0.2) is 0 Å². The van der Waals surface area contributed by atoms with Gasteiger partial charge in [-0.15, -0.1) is 0 Å². The van der Waals surface area contributed by atoms with Crippen LogP contribution in [-0.2, 0) is 4.79 Å². The summed E-state index contributed by atoms with van der Waals surface area (Å²) in [7, 11) is 0. The van der Waals surface area contributed by atoms with Crippen molar-refractivity contribution in [1.82, 2.24) is 10.2 Å². The molecule has 1 aliphatic heterocycles. The molecule has 5 fully saturated rings. The van der Waals surface area contributed by atoms with E-state index >= 15 is 0 Å². The van der Waals surface area contributed by atoms with Gasteiger partial charge >= 0.3 is 0 Å². The Bertz CT molecular complexity index is 415. The number of hydrogen-bond donors (Lipinski definition) is 1. The Kier molecular flexibility index (Phi) is 4.19. The largest absolute Gasteiger partial charge is 0.353 e. The van der Waals surface area contributed by atoms with Crippen molar-refractivity contribution in [2.24, 2.45) is 23.2 Å². The van der Waals surface area contributed by atoms with Crippen LogP contribution in [0.5, 0.6) is 0 Å². The summed E-state index contributed by atoms with van der Waals surface area (Å²) in [6.07, 6.45) is 11.5. The molecule has 1 heterocycles. The van der Waals surface area contributed by atoms with Gasteiger partial charge in [0, 0.05) is 31.6 Å². The number of rotatable bonds is 4. The fourth-order valence-electron chi connectivity index (χ4n) is 6.69. The molecule has 0 unspecified atom stereocenters. The summed E-state index contributed by atoms with van der Waals surface area (Å²) in [6.45, 7) is 6.82. The van der Waals surface area contributed by atoms with Gasteiger partial charge in [-0.05, 0) is 88.4 Å². The van der Waals surface area contributed by atoms with E-state index in [0.29, 0.717) is 23.4 Å². The molecule has 5 aliphatic rings. The molecule has 0 atom stereocenters. The van der Waals surface area contributed by atoms with Crippen molar-refractivity contribution >= 4 is 5.91 Å². The lowest BCUT2D eigenvalue weighted by Gasteiger charge is -2.56. The highest BCUT2D eigenvalue weighted by Gasteiger charge is 2.51. The van der Waals surface area contributed by atoms with Crippen LogP contribution in [-0.4, -0.2) is 36.0 Å². The minimum atomic E-state index is 0.356. The van der Waals surface area contributed by atoms with Crippen LogP contribution in [0, 0.1) is 23.2 Å². The highest BCUT2D eigenvalue weighted by Crippen LogP contribution is 2.61. The monoisotopic (exact) mass is 318 g/mol. The number of carbonyl (C=O) groups excluding carboxylic acids is 1. The molecule has 3 nitrogen and oxygen atoms in total. The zero-order chi connectivity index (χ0) is 16.0. The maximum Gasteiger partial charge on any atom is 0.220 e. The molecule has 130 valence electrons. The first kappa shape index (κ1) is 15.9. The van der Waals surface area contributed by atoms with Gasteiger partial charge in [0.1, 0.15) is 0 Å². The SMILES string of the molecule is CC(C)N1CCC(NC(=O)CC23CC4CC(CC(C4)C2)C3)CC1. The Hall–Kier alpha value is -0.570. The summed E-state index contributed by atoms with van der Waals surface area (Å²) in [5, 5.41) is 3.39. The molecule has 4 aliphatic carbocycles. The predicted octanol–water partition coefficient (Wildman–Crippen LogP) is 3.58. The fraction of sp³-hybridized carbons (Fsp3) is 0.950. The van der Waals surface area contributed by atoms with Crippen molar-refractivity contribution < 1.29 is 4.79 Å². The quantitative estimate of drug-likeness (QED) is 0.859. The molecule has 5 rings (SSSR count). The van der Waals surface area contributed by atoms with Crippen LogP contribution in [0.4, 0.5) is 0 Å². The molecule has 3 heteroatoms. The molecule has 1 amide bonds. The highest BCUT2D eigenvalue weighted by atomic mass is 16.1. The second kappa shape index (κ2) is 6.06. The minimum Gasteiger partial charge on any atom is -0.353 e. The van der Waals surface area contributed by atoms with Gasteiger partial charge in [-0.25, -0.2) is 0 Å². The lowest BCUT2D eigenvalue weighted by molar-refractivity contribution is -0.130. The number of nitrogens with one attached hydrogen (secondary N) is 1. The van der Waals surface area contributed by atoms with Crippen molar-refractivity contribution in [2.45, 2.75) is 83.7 Å². The van der Waals surface area contributed by atoms with Gasteiger partial charge in [-0.3, -0.25) is 4.79 Å². The van der Waals surface area contributed by atoms with Gasteiger partial charge in [0.25, 0.3) is 0 Å². The normalized spacial score (nSPS) is 40.7. The van der Waals surface area contributed by atoms with E-state index < -0.39 is 0 Å². The second-order valence-corrected chi connectivity index (χ2v) is 9.57. The summed E-state index contributed by atoms with van der Waals surface area (Å²) in [5.41, 5.74) is 0.386. The molecule has 1 saturated heterocycles. The minimum absolute atomic E-state index is 0.356. The Morgan fingerprint density at radius 3 is 2.04 bits per heavy atom. The zero-order valence-electron chi connectivity index (χ0n) is 15.0. The molecule has 23 heavy (non-hydrogen) atoms. The fourth-order valence-corrected chi connectivity index (χ4v) is 6.69. The number of nitrogens with zero attached hydrogens (tertiary/aromatic N) is 1. The van der Waals surface area contributed by atoms with Gasteiger partial charge in [-0.2, -0.15) is 0 Å². The third-order valence-electron chi connectivity index (χ3n) is 7.33. The molecule has 0 aromatic rings. The molecule has 0 aromatic heterocycles. The van der Waals surface area contributed by atoms with E-state index in [1.807, 2.05) is 0 Å². The van der Waals surface area contributed by atoms with E-state index in [9.17, 15) is 4.79 Å². The summed E-state index contributed by atoms with van der Waals surface area (Å²) in [5.74, 6) is 3.20. The predicted molar refractivity (Wildman–Crippen MR) is 93.1 cm³/mol. The molecule has 0 spiro atoms. The molecule has 1 N–H and O–H groups in total. The molecular weight excluding hydrogens is 284 g/mol. The first-order valence-electron chi connectivity index (χ1n) is 10.0. The van der Waals surface area contributed by atoms with E-state index in [0.717, 1.165) is 50.1 Å². The Morgan fingerprint density at radius 2 is 1.57 bits per heavy atom. The van der Waals surface area contributed by atoms with Crippen LogP contribution >= 0.6 is 0 Å². The van der Waals surface area contributed by atoms with Crippen molar-refractivity contribution in [1.29, 1.82) is 0 Å². The third-order valence-corrected chi connectivity index (χ3v) is 7.33. The van der Waals surface area contributed by atoms with Gasteiger partial charge in [0.2, 0.25) is 5.91 Å². The second-order valence-electron chi connectivity index (χ2n) is 9.57. The number of carbonyl (C=O) groups is 1. The molecule has 4 bridgehead atoms. The Morgan fingerprint density at radius 1 is 1.04 bits per heavy atom. The lowest BCUT2D eigenvalue weighted by atomic mass is 9.49. The highest BCUT2D eigenvalue weighted by molar-refractivity contribution is 5.77. The van der Waals surface area contributed by atoms with Crippen LogP contribution in [0.1, 0.15) is 71.6 Å². The van der Waals surface area contributed by atoms with E-state index in [4.69, 9.17) is 0 Å². The van der Waals surface area contributed by atoms with Gasteiger partial charge in [0.05, 0.1) is 0 Å². The van der Waals surface area contributed by atoms with E-state index in [1.165, 1.54) is 38.5 Å². The smallest absolute Gasteiger partial charge is 0.220 e. The average Bonchev–Trinajstić information content (AvgIpc) is 2.45.